The van der Waals surface area contributed by atoms with Gasteiger partial charge in [-0.15, -0.1) is 5.10 Å². The number of fused-ring (bicyclic) bond motifs is 1. The Morgan fingerprint density at radius 3 is 2.20 bits per heavy atom. The third-order valence-electron chi connectivity index (χ3n) is 8.37. The van der Waals surface area contributed by atoms with E-state index in [1.54, 1.807) is 32.9 Å². The predicted molar refractivity (Wildman–Crippen MR) is 179 cm³/mol. The average Bonchev–Trinajstić information content (AvgIpc) is 3.55. The smallest absolute Gasteiger partial charge is 0.338 e. The number of phenolic OH excluding ortho intramolecular Hbond substituents is 1. The number of carbonyl (C=O) groups is 5. The summed E-state index contributed by atoms with van der Waals surface area (Å²) < 4.78 is 41.4. The molecule has 0 spiro atoms. The number of phenols is 1. The molecule has 1 N–H and O–H groups in total. The van der Waals surface area contributed by atoms with Crippen LogP contribution in [0.15, 0.2) is 46.6 Å². The Morgan fingerprint density at radius 1 is 0.907 bits per heavy atom. The van der Waals surface area contributed by atoms with E-state index < -0.39 is 78.6 Å². The van der Waals surface area contributed by atoms with Gasteiger partial charge in [0.25, 0.3) is 5.56 Å². The molecule has 0 amide bonds. The first-order chi connectivity index (χ1) is 25.6. The van der Waals surface area contributed by atoms with Crippen LogP contribution in [0, 0.1) is 6.92 Å². The third kappa shape index (κ3) is 8.41. The molecule has 2 aliphatic heterocycles. The van der Waals surface area contributed by atoms with Crippen LogP contribution in [0.5, 0.6) is 11.6 Å². The van der Waals surface area contributed by atoms with Gasteiger partial charge in [0.1, 0.15) is 35.7 Å². The van der Waals surface area contributed by atoms with Gasteiger partial charge in [0.2, 0.25) is 5.88 Å². The summed E-state index contributed by atoms with van der Waals surface area (Å²) >= 11 is 0. The summed E-state index contributed by atoms with van der Waals surface area (Å²) in [6.45, 7) is 8.62. The molecule has 1 saturated heterocycles. The summed E-state index contributed by atoms with van der Waals surface area (Å²) in [5, 5.41) is 18.7. The fraction of sp³-hybridized carbons (Fsp3) is 0.457. The number of rotatable bonds is 11. The first-order valence-electron chi connectivity index (χ1n) is 16.8. The quantitative estimate of drug-likeness (QED) is 0.216. The van der Waals surface area contributed by atoms with E-state index in [-0.39, 0.29) is 53.2 Å². The number of aryl methyl sites for hydroxylation is 1. The number of aromatic hydroxyl groups is 1. The summed E-state index contributed by atoms with van der Waals surface area (Å²) in [5.41, 5.74) is 0.0521. The largest absolute Gasteiger partial charge is 0.508 e. The summed E-state index contributed by atoms with van der Waals surface area (Å²) in [4.78, 5) is 80.6. The van der Waals surface area contributed by atoms with Gasteiger partial charge in [0.15, 0.2) is 24.5 Å². The third-order valence-corrected chi connectivity index (χ3v) is 8.37. The predicted octanol–water partition coefficient (Wildman–Crippen LogP) is 1.51. The van der Waals surface area contributed by atoms with Gasteiger partial charge in [-0.2, -0.15) is 4.98 Å². The van der Waals surface area contributed by atoms with Crippen molar-refractivity contribution in [3.05, 3.63) is 74.8 Å². The van der Waals surface area contributed by atoms with Crippen molar-refractivity contribution >= 4 is 29.8 Å². The lowest BCUT2D eigenvalue weighted by Gasteiger charge is -2.44. The van der Waals surface area contributed by atoms with Crippen LogP contribution in [0.3, 0.4) is 0 Å². The summed E-state index contributed by atoms with van der Waals surface area (Å²) in [7, 11) is 0. The maximum Gasteiger partial charge on any atom is 0.338 e. The molecule has 54 heavy (non-hydrogen) atoms. The normalized spacial score (nSPS) is 22.0. The monoisotopic (exact) mass is 753 g/mol. The van der Waals surface area contributed by atoms with Gasteiger partial charge in [0.05, 0.1) is 36.4 Å². The van der Waals surface area contributed by atoms with Gasteiger partial charge >= 0.3 is 29.8 Å². The molecular weight excluding hydrogens is 714 g/mol. The van der Waals surface area contributed by atoms with Crippen LogP contribution < -0.4 is 10.3 Å². The summed E-state index contributed by atoms with van der Waals surface area (Å²) in [6, 6.07) is 6.10. The molecule has 4 heterocycles. The highest BCUT2D eigenvalue weighted by Gasteiger charge is 2.53. The zero-order valence-electron chi connectivity index (χ0n) is 30.5. The van der Waals surface area contributed by atoms with Crippen LogP contribution >= 0.6 is 0 Å². The lowest BCUT2D eigenvalue weighted by molar-refractivity contribution is -0.270. The van der Waals surface area contributed by atoms with E-state index in [1.165, 1.54) is 22.9 Å². The molecule has 1 fully saturated rings. The number of hydrogen-bond acceptors (Lipinski definition) is 17. The van der Waals surface area contributed by atoms with Crippen LogP contribution in [-0.4, -0.2) is 97.1 Å². The molecule has 19 nitrogen and oxygen atoms in total. The standard InChI is InChI=1S/C35H39N5O14/c1-8-48-35(47)26-16(2)50-32-28(27(26)22-10-9-11-24(45)12-22)33(46)39(17(3)36-32)13-23-14-40(38-37-23)34-31(53-21(7)44)30(52-20(6)43)29(51-19(5)42)25(54-34)15-49-18(4)41/h9-12,14,25,27,29-31,34,45H,8,13,15H2,1-7H3/t25-,27?,29-,30+,31-,34-/m1/s1. The molecule has 288 valence electrons. The van der Waals surface area contributed by atoms with E-state index in [2.05, 4.69) is 15.3 Å². The Balaban J connectivity index is 1.56. The summed E-state index contributed by atoms with van der Waals surface area (Å²) in [6.07, 6.45) is -5.52. The van der Waals surface area contributed by atoms with E-state index in [4.69, 9.17) is 33.2 Å². The Kier molecular flexibility index (Phi) is 11.8. The van der Waals surface area contributed by atoms with Crippen LogP contribution in [0.2, 0.25) is 0 Å². The number of carbonyl (C=O) groups excluding carboxylic acids is 5. The van der Waals surface area contributed by atoms with Gasteiger partial charge in [-0.25, -0.2) is 9.48 Å². The Bertz CT molecular complexity index is 2050. The summed E-state index contributed by atoms with van der Waals surface area (Å²) in [5.74, 6) is -4.56. The molecule has 3 aromatic rings. The van der Waals surface area contributed by atoms with Crippen molar-refractivity contribution in [3.63, 3.8) is 0 Å². The van der Waals surface area contributed by atoms with Crippen molar-refractivity contribution < 1.29 is 62.2 Å². The molecule has 19 heteroatoms. The second-order valence-corrected chi connectivity index (χ2v) is 12.4. The average molecular weight is 754 g/mol. The number of hydrogen-bond donors (Lipinski definition) is 1. The zero-order chi connectivity index (χ0) is 39.4. The van der Waals surface area contributed by atoms with Gasteiger partial charge in [-0.05, 0) is 38.5 Å². The molecule has 0 saturated carbocycles. The molecule has 1 aromatic carbocycles. The highest BCUT2D eigenvalue weighted by molar-refractivity contribution is 5.92. The number of ether oxygens (including phenoxy) is 7. The SMILES string of the molecule is CCOC(=O)C1=C(C)Oc2nc(C)n(Cc3cn([C@@H]4O[C@H](COC(C)=O)[C@@H](OC(C)=O)[C@H](OC(C)=O)[C@H]4OC(C)=O)nn3)c(=O)c2C1c1cccc(O)c1. The van der Waals surface area contributed by atoms with E-state index in [0.717, 1.165) is 32.4 Å². The van der Waals surface area contributed by atoms with E-state index in [0.29, 0.717) is 5.56 Å². The topological polar surface area (TPSA) is 236 Å². The first-order valence-corrected chi connectivity index (χ1v) is 16.8. The van der Waals surface area contributed by atoms with Crippen molar-refractivity contribution in [1.29, 1.82) is 0 Å². The minimum absolute atomic E-state index is 0.00632. The maximum absolute atomic E-state index is 14.4. The van der Waals surface area contributed by atoms with Gasteiger partial charge in [-0.1, -0.05) is 17.3 Å². The van der Waals surface area contributed by atoms with E-state index in [1.807, 2.05) is 0 Å². The minimum Gasteiger partial charge on any atom is -0.508 e. The molecular formula is C35H39N5O14. The molecule has 0 aliphatic carbocycles. The van der Waals surface area contributed by atoms with Gasteiger partial charge in [-0.3, -0.25) is 28.5 Å². The maximum atomic E-state index is 14.4. The van der Waals surface area contributed by atoms with Crippen molar-refractivity contribution in [2.24, 2.45) is 0 Å². The fourth-order valence-electron chi connectivity index (χ4n) is 6.31. The van der Waals surface area contributed by atoms with Crippen molar-refractivity contribution in [3.8, 4) is 11.6 Å². The van der Waals surface area contributed by atoms with Crippen LogP contribution in [0.25, 0.3) is 0 Å². The highest BCUT2D eigenvalue weighted by atomic mass is 16.7. The first kappa shape index (κ1) is 39.1. The van der Waals surface area contributed by atoms with Gasteiger partial charge in [0, 0.05) is 27.7 Å². The second kappa shape index (κ2) is 16.3. The van der Waals surface area contributed by atoms with Crippen LogP contribution in [-0.2, 0) is 58.9 Å². The zero-order valence-corrected chi connectivity index (χ0v) is 30.5. The van der Waals surface area contributed by atoms with Crippen molar-refractivity contribution in [1.82, 2.24) is 24.5 Å². The lowest BCUT2D eigenvalue weighted by Crippen LogP contribution is -2.60. The van der Waals surface area contributed by atoms with Crippen LogP contribution in [0.1, 0.15) is 76.3 Å². The van der Waals surface area contributed by atoms with Crippen molar-refractivity contribution in [2.45, 2.75) is 91.6 Å². The Labute approximate surface area is 307 Å². The van der Waals surface area contributed by atoms with E-state index in [9.17, 15) is 33.9 Å². The number of nitrogens with zero attached hydrogens (tertiary/aromatic N) is 5. The molecule has 6 atom stereocenters. The number of allylic oxidation sites excluding steroid dienone is 1. The minimum atomic E-state index is -1.45. The van der Waals surface area contributed by atoms with Crippen molar-refractivity contribution in [2.75, 3.05) is 13.2 Å². The lowest BCUT2D eigenvalue weighted by atomic mass is 9.83. The number of esters is 5. The van der Waals surface area contributed by atoms with Crippen LogP contribution in [0.4, 0.5) is 0 Å². The fourth-order valence-corrected chi connectivity index (χ4v) is 6.31. The molecule has 0 bridgehead atoms. The molecule has 0 radical (unpaired) electrons. The Morgan fingerprint density at radius 2 is 1.57 bits per heavy atom. The number of benzene rings is 1. The van der Waals surface area contributed by atoms with Gasteiger partial charge < -0.3 is 38.3 Å². The molecule has 2 aliphatic rings. The number of aromatic nitrogens is 5. The van der Waals surface area contributed by atoms with E-state index >= 15 is 0 Å². The molecule has 2 aromatic heterocycles. The molecule has 5 rings (SSSR count). The highest BCUT2D eigenvalue weighted by Crippen LogP contribution is 2.42. The molecule has 1 unspecified atom stereocenters. The Hall–Kier alpha value is -6.11. The second-order valence-electron chi connectivity index (χ2n) is 12.4.